The van der Waals surface area contributed by atoms with Crippen molar-refractivity contribution in [1.29, 1.82) is 0 Å². The standard InChI is InChI=1S/C24H23N3O2S/c1-29-21-15-18-7-3-2-6-17(18)14-19(21)24(28)27-12-10-26(11-13-27)16-23-25-20-8-4-5-9-22(20)30-23/h2-9,14-15H,10-13,16H2,1H3. The Bertz CT molecular complexity index is 1180. The van der Waals surface area contributed by atoms with E-state index >= 15 is 0 Å². The molecule has 1 aromatic heterocycles. The minimum absolute atomic E-state index is 0.0391. The topological polar surface area (TPSA) is 45.7 Å². The number of piperazine rings is 1. The maximum absolute atomic E-state index is 13.2. The number of nitrogens with zero attached hydrogens (tertiary/aromatic N) is 3. The predicted molar refractivity (Wildman–Crippen MR) is 121 cm³/mol. The number of para-hydroxylation sites is 1. The van der Waals surface area contributed by atoms with Crippen LogP contribution in [0.5, 0.6) is 5.75 Å². The lowest BCUT2D eigenvalue weighted by atomic mass is 10.0. The van der Waals surface area contributed by atoms with E-state index in [1.165, 1.54) is 4.70 Å². The molecular formula is C24H23N3O2S. The number of hydrogen-bond acceptors (Lipinski definition) is 5. The molecule has 30 heavy (non-hydrogen) atoms. The summed E-state index contributed by atoms with van der Waals surface area (Å²) in [6, 6.07) is 20.2. The van der Waals surface area contributed by atoms with E-state index in [-0.39, 0.29) is 5.91 Å². The minimum Gasteiger partial charge on any atom is -0.496 e. The van der Waals surface area contributed by atoms with Crippen molar-refractivity contribution in [3.8, 4) is 5.75 Å². The van der Waals surface area contributed by atoms with Gasteiger partial charge in [0.05, 0.1) is 29.4 Å². The number of rotatable bonds is 4. The van der Waals surface area contributed by atoms with Gasteiger partial charge in [0, 0.05) is 26.2 Å². The number of amides is 1. The highest BCUT2D eigenvalue weighted by Crippen LogP contribution is 2.28. The summed E-state index contributed by atoms with van der Waals surface area (Å²) in [5, 5.41) is 3.26. The fourth-order valence-electron chi connectivity index (χ4n) is 4.01. The molecule has 5 nitrogen and oxygen atoms in total. The molecule has 0 atom stereocenters. The highest BCUT2D eigenvalue weighted by Gasteiger charge is 2.25. The lowest BCUT2D eigenvalue weighted by molar-refractivity contribution is 0.0625. The van der Waals surface area contributed by atoms with Gasteiger partial charge in [-0.05, 0) is 35.0 Å². The van der Waals surface area contributed by atoms with E-state index in [4.69, 9.17) is 9.72 Å². The second kappa shape index (κ2) is 8.05. The molecule has 3 aromatic carbocycles. The van der Waals surface area contributed by atoms with Crippen LogP contribution in [0.1, 0.15) is 15.4 Å². The molecule has 1 aliphatic rings. The van der Waals surface area contributed by atoms with Crippen LogP contribution in [0.15, 0.2) is 60.7 Å². The van der Waals surface area contributed by atoms with Crippen LogP contribution in [-0.2, 0) is 6.54 Å². The van der Waals surface area contributed by atoms with Crippen LogP contribution in [0.25, 0.3) is 21.0 Å². The summed E-state index contributed by atoms with van der Waals surface area (Å²) in [6.45, 7) is 3.94. The summed E-state index contributed by atoms with van der Waals surface area (Å²) >= 11 is 1.75. The molecule has 1 saturated heterocycles. The van der Waals surface area contributed by atoms with Crippen LogP contribution in [0.2, 0.25) is 0 Å². The van der Waals surface area contributed by atoms with E-state index in [1.54, 1.807) is 18.4 Å². The molecule has 0 N–H and O–H groups in total. The molecule has 0 saturated carbocycles. The number of methoxy groups -OCH3 is 1. The number of carbonyl (C=O) groups is 1. The summed E-state index contributed by atoms with van der Waals surface area (Å²) in [7, 11) is 1.62. The minimum atomic E-state index is 0.0391. The molecule has 2 heterocycles. The Morgan fingerprint density at radius 3 is 2.43 bits per heavy atom. The fourth-order valence-corrected chi connectivity index (χ4v) is 5.02. The van der Waals surface area contributed by atoms with Gasteiger partial charge < -0.3 is 9.64 Å². The van der Waals surface area contributed by atoms with Crippen molar-refractivity contribution < 1.29 is 9.53 Å². The Kier molecular flexibility index (Phi) is 5.11. The molecule has 0 aliphatic carbocycles. The third-order valence-electron chi connectivity index (χ3n) is 5.65. The van der Waals surface area contributed by atoms with Crippen molar-refractivity contribution in [2.24, 2.45) is 0 Å². The van der Waals surface area contributed by atoms with Gasteiger partial charge in [0.25, 0.3) is 5.91 Å². The summed E-state index contributed by atoms with van der Waals surface area (Å²) in [5.74, 6) is 0.674. The maximum atomic E-state index is 13.2. The molecule has 0 bridgehead atoms. The summed E-state index contributed by atoms with van der Waals surface area (Å²) in [4.78, 5) is 22.3. The van der Waals surface area contributed by atoms with E-state index in [1.807, 2.05) is 47.4 Å². The zero-order chi connectivity index (χ0) is 20.5. The largest absolute Gasteiger partial charge is 0.496 e. The first-order valence-electron chi connectivity index (χ1n) is 10.1. The van der Waals surface area contributed by atoms with Crippen molar-refractivity contribution in [3.63, 3.8) is 0 Å². The fraction of sp³-hybridized carbons (Fsp3) is 0.250. The molecule has 6 heteroatoms. The zero-order valence-corrected chi connectivity index (χ0v) is 17.7. The van der Waals surface area contributed by atoms with Gasteiger partial charge in [0.15, 0.2) is 0 Å². The number of hydrogen-bond donors (Lipinski definition) is 0. The number of benzene rings is 3. The first-order chi connectivity index (χ1) is 14.7. The summed E-state index contributed by atoms with van der Waals surface area (Å²) < 4.78 is 6.76. The van der Waals surface area contributed by atoms with Gasteiger partial charge in [-0.3, -0.25) is 9.69 Å². The predicted octanol–water partition coefficient (Wildman–Crippen LogP) is 4.42. The summed E-state index contributed by atoms with van der Waals surface area (Å²) in [6.07, 6.45) is 0. The van der Waals surface area contributed by atoms with Crippen molar-refractivity contribution in [1.82, 2.24) is 14.8 Å². The average molecular weight is 418 g/mol. The number of carbonyl (C=O) groups excluding carboxylic acids is 1. The monoisotopic (exact) mass is 417 g/mol. The van der Waals surface area contributed by atoms with Gasteiger partial charge >= 0.3 is 0 Å². The SMILES string of the molecule is COc1cc2ccccc2cc1C(=O)N1CCN(Cc2nc3ccccc3s2)CC1. The molecule has 5 rings (SSSR count). The zero-order valence-electron chi connectivity index (χ0n) is 16.9. The van der Waals surface area contributed by atoms with Crippen LogP contribution in [0, 0.1) is 0 Å². The Morgan fingerprint density at radius 1 is 1.00 bits per heavy atom. The molecule has 4 aromatic rings. The smallest absolute Gasteiger partial charge is 0.257 e. The highest BCUT2D eigenvalue weighted by atomic mass is 32.1. The molecule has 1 fully saturated rings. The number of fused-ring (bicyclic) bond motifs is 2. The van der Waals surface area contributed by atoms with Crippen LogP contribution < -0.4 is 4.74 Å². The van der Waals surface area contributed by atoms with Gasteiger partial charge in [-0.2, -0.15) is 0 Å². The van der Waals surface area contributed by atoms with Crippen molar-refractivity contribution >= 4 is 38.2 Å². The Labute approximate surface area is 179 Å². The van der Waals surface area contributed by atoms with E-state index in [2.05, 4.69) is 23.1 Å². The molecule has 1 aliphatic heterocycles. The second-order valence-electron chi connectivity index (χ2n) is 7.54. The molecular weight excluding hydrogens is 394 g/mol. The number of aromatic nitrogens is 1. The van der Waals surface area contributed by atoms with Crippen LogP contribution >= 0.6 is 11.3 Å². The lowest BCUT2D eigenvalue weighted by Crippen LogP contribution is -2.48. The van der Waals surface area contributed by atoms with Crippen molar-refractivity contribution in [2.45, 2.75) is 6.54 Å². The number of ether oxygens (including phenoxy) is 1. The third-order valence-corrected chi connectivity index (χ3v) is 6.68. The maximum Gasteiger partial charge on any atom is 0.257 e. The van der Waals surface area contributed by atoms with Crippen molar-refractivity contribution in [3.05, 3.63) is 71.2 Å². The lowest BCUT2D eigenvalue weighted by Gasteiger charge is -2.34. The van der Waals surface area contributed by atoms with Gasteiger partial charge in [-0.25, -0.2) is 4.98 Å². The van der Waals surface area contributed by atoms with Crippen LogP contribution in [-0.4, -0.2) is 54.0 Å². The Balaban J connectivity index is 1.28. The normalized spacial score (nSPS) is 15.0. The Hall–Kier alpha value is -2.96. The quantitative estimate of drug-likeness (QED) is 0.493. The average Bonchev–Trinajstić information content (AvgIpc) is 3.20. The van der Waals surface area contributed by atoms with Crippen molar-refractivity contribution in [2.75, 3.05) is 33.3 Å². The third kappa shape index (κ3) is 3.64. The Morgan fingerprint density at radius 2 is 1.70 bits per heavy atom. The van der Waals surface area contributed by atoms with E-state index in [0.29, 0.717) is 24.4 Å². The second-order valence-corrected chi connectivity index (χ2v) is 8.66. The van der Waals surface area contributed by atoms with E-state index in [9.17, 15) is 4.79 Å². The molecule has 0 spiro atoms. The van der Waals surface area contributed by atoms with Gasteiger partial charge in [-0.1, -0.05) is 36.4 Å². The first kappa shape index (κ1) is 19.0. The first-order valence-corrected chi connectivity index (χ1v) is 11.0. The molecule has 0 radical (unpaired) electrons. The van der Waals surface area contributed by atoms with Gasteiger partial charge in [-0.15, -0.1) is 11.3 Å². The van der Waals surface area contributed by atoms with Crippen LogP contribution in [0.4, 0.5) is 0 Å². The molecule has 1 amide bonds. The van der Waals surface area contributed by atoms with Gasteiger partial charge in [0.2, 0.25) is 0 Å². The summed E-state index contributed by atoms with van der Waals surface area (Å²) in [5.41, 5.74) is 1.70. The number of thiazole rings is 1. The highest BCUT2D eigenvalue weighted by molar-refractivity contribution is 7.18. The van der Waals surface area contributed by atoms with Crippen LogP contribution in [0.3, 0.4) is 0 Å². The van der Waals surface area contributed by atoms with E-state index < -0.39 is 0 Å². The molecule has 152 valence electrons. The van der Waals surface area contributed by atoms with E-state index in [0.717, 1.165) is 40.9 Å². The van der Waals surface area contributed by atoms with Gasteiger partial charge in [0.1, 0.15) is 10.8 Å². The molecule has 0 unspecified atom stereocenters.